The molecule has 1 saturated heterocycles. The molecule has 0 radical (unpaired) electrons. The van der Waals surface area contributed by atoms with Gasteiger partial charge < -0.3 is 19.7 Å². The van der Waals surface area contributed by atoms with Gasteiger partial charge in [-0.2, -0.15) is 4.98 Å². The van der Waals surface area contributed by atoms with E-state index in [0.29, 0.717) is 49.6 Å². The summed E-state index contributed by atoms with van der Waals surface area (Å²) < 4.78 is 11.9. The molecule has 1 fully saturated rings. The number of carbonyl (C=O) groups is 2. The molecule has 4 rings (SSSR count). The molecule has 0 unspecified atom stereocenters. The minimum Gasteiger partial charge on any atom is -0.462 e. The highest BCUT2D eigenvalue weighted by molar-refractivity contribution is 7.12. The summed E-state index contributed by atoms with van der Waals surface area (Å²) in [5.74, 6) is -0.516. The molecule has 0 atom stereocenters. The number of hydrogen-bond donors (Lipinski definition) is 1. The Balaban J connectivity index is 1.60. The van der Waals surface area contributed by atoms with Crippen LogP contribution in [0.3, 0.4) is 0 Å². The summed E-state index contributed by atoms with van der Waals surface area (Å²) in [7, 11) is 0. The molecule has 3 aromatic rings. The van der Waals surface area contributed by atoms with E-state index in [1.807, 2.05) is 11.8 Å². The smallest absolute Gasteiger partial charge is 0.343 e. The zero-order valence-corrected chi connectivity index (χ0v) is 19.1. The van der Waals surface area contributed by atoms with Crippen molar-refractivity contribution in [2.45, 2.75) is 13.8 Å². The highest BCUT2D eigenvalue weighted by Gasteiger charge is 2.34. The van der Waals surface area contributed by atoms with Gasteiger partial charge in [-0.3, -0.25) is 14.2 Å². The van der Waals surface area contributed by atoms with Gasteiger partial charge in [-0.1, -0.05) is 0 Å². The third kappa shape index (κ3) is 4.71. The SMILES string of the molecule is CCOCCNC(=O)C1CN(c2ncc3c(=O)c(C(=O)OCC)cn(-c4nccs4)c3n2)C1. The van der Waals surface area contributed by atoms with Crippen molar-refractivity contribution in [3.05, 3.63) is 39.8 Å². The molecule has 1 amide bonds. The van der Waals surface area contributed by atoms with Crippen molar-refractivity contribution in [1.82, 2.24) is 24.8 Å². The summed E-state index contributed by atoms with van der Waals surface area (Å²) in [6.45, 7) is 6.22. The molecule has 1 aliphatic heterocycles. The zero-order valence-electron chi connectivity index (χ0n) is 18.3. The number of hydrogen-bond acceptors (Lipinski definition) is 10. The molecule has 4 heterocycles. The first kappa shape index (κ1) is 22.8. The lowest BCUT2D eigenvalue weighted by atomic mass is 10.00. The number of carbonyl (C=O) groups excluding carboxylic acids is 2. The normalized spacial score (nSPS) is 13.7. The molecule has 0 spiro atoms. The van der Waals surface area contributed by atoms with Crippen molar-refractivity contribution < 1.29 is 19.1 Å². The molecule has 174 valence electrons. The van der Waals surface area contributed by atoms with Crippen LogP contribution >= 0.6 is 11.3 Å². The topological polar surface area (TPSA) is 129 Å². The number of nitrogens with one attached hydrogen (secondary N) is 1. The van der Waals surface area contributed by atoms with E-state index in [0.717, 1.165) is 0 Å². The molecule has 11 nitrogen and oxygen atoms in total. The largest absolute Gasteiger partial charge is 0.462 e. The molecular weight excluding hydrogens is 448 g/mol. The number of ether oxygens (including phenoxy) is 2. The van der Waals surface area contributed by atoms with E-state index >= 15 is 0 Å². The van der Waals surface area contributed by atoms with Gasteiger partial charge in [-0.05, 0) is 13.8 Å². The standard InChI is InChI=1S/C21H24N6O5S/c1-3-31-7-5-22-18(29)13-10-26(11-13)20-24-9-14-16(28)15(19(30)32-4-2)12-27(17(14)25-20)21-23-6-8-33-21/h6,8-9,12-13H,3-5,7,10-11H2,1-2H3,(H,22,29). The monoisotopic (exact) mass is 472 g/mol. The molecular formula is C21H24N6O5S. The second-order valence-electron chi connectivity index (χ2n) is 7.27. The minimum absolute atomic E-state index is 0.0366. The molecule has 0 saturated carbocycles. The van der Waals surface area contributed by atoms with Crippen LogP contribution in [0, 0.1) is 5.92 Å². The molecule has 1 N–H and O–H groups in total. The van der Waals surface area contributed by atoms with Crippen LogP contribution in [0.5, 0.6) is 0 Å². The number of pyridine rings is 1. The van der Waals surface area contributed by atoms with E-state index in [1.54, 1.807) is 23.1 Å². The second-order valence-corrected chi connectivity index (χ2v) is 8.15. The van der Waals surface area contributed by atoms with Crippen molar-refractivity contribution in [3.63, 3.8) is 0 Å². The predicted molar refractivity (Wildman–Crippen MR) is 122 cm³/mol. The lowest BCUT2D eigenvalue weighted by Crippen LogP contribution is -2.54. The Morgan fingerprint density at radius 2 is 2.06 bits per heavy atom. The first-order valence-electron chi connectivity index (χ1n) is 10.6. The van der Waals surface area contributed by atoms with Crippen LogP contribution in [0.4, 0.5) is 5.95 Å². The average molecular weight is 473 g/mol. The van der Waals surface area contributed by atoms with E-state index in [9.17, 15) is 14.4 Å². The highest BCUT2D eigenvalue weighted by atomic mass is 32.1. The number of amides is 1. The fraction of sp³-hybridized carbons (Fsp3) is 0.429. The second kappa shape index (κ2) is 10.0. The summed E-state index contributed by atoms with van der Waals surface area (Å²) in [4.78, 5) is 52.6. The molecule has 1 aliphatic rings. The zero-order chi connectivity index (χ0) is 23.4. The number of esters is 1. The van der Waals surface area contributed by atoms with Gasteiger partial charge >= 0.3 is 5.97 Å². The summed E-state index contributed by atoms with van der Waals surface area (Å²) in [6, 6.07) is 0. The van der Waals surface area contributed by atoms with Gasteiger partial charge in [0.2, 0.25) is 17.3 Å². The average Bonchev–Trinajstić information content (AvgIpc) is 3.31. The van der Waals surface area contributed by atoms with Crippen molar-refractivity contribution in [3.8, 4) is 5.13 Å². The Kier molecular flexibility index (Phi) is 6.94. The van der Waals surface area contributed by atoms with Crippen LogP contribution in [0.25, 0.3) is 16.2 Å². The molecule has 0 aromatic carbocycles. The number of thiazole rings is 1. The van der Waals surface area contributed by atoms with E-state index in [-0.39, 0.29) is 29.4 Å². The van der Waals surface area contributed by atoms with Gasteiger partial charge in [0.05, 0.1) is 24.5 Å². The lowest BCUT2D eigenvalue weighted by Gasteiger charge is -2.38. The van der Waals surface area contributed by atoms with Crippen LogP contribution in [0.2, 0.25) is 0 Å². The van der Waals surface area contributed by atoms with Gasteiger partial charge in [-0.15, -0.1) is 11.3 Å². The lowest BCUT2D eigenvalue weighted by molar-refractivity contribution is -0.125. The molecule has 0 aliphatic carbocycles. The number of aromatic nitrogens is 4. The predicted octanol–water partition coefficient (Wildman–Crippen LogP) is 1.00. The van der Waals surface area contributed by atoms with Crippen LogP contribution < -0.4 is 15.6 Å². The Morgan fingerprint density at radius 1 is 1.24 bits per heavy atom. The maximum atomic E-state index is 12.9. The first-order chi connectivity index (χ1) is 16.0. The van der Waals surface area contributed by atoms with Crippen molar-refractivity contribution in [2.75, 3.05) is 44.4 Å². The van der Waals surface area contributed by atoms with Gasteiger partial charge in [0, 0.05) is 50.2 Å². The maximum Gasteiger partial charge on any atom is 0.343 e. The summed E-state index contributed by atoms with van der Waals surface area (Å²) in [6.07, 6.45) is 4.44. The quantitative estimate of drug-likeness (QED) is 0.358. The van der Waals surface area contributed by atoms with E-state index in [1.165, 1.54) is 23.7 Å². The van der Waals surface area contributed by atoms with Crippen LogP contribution in [-0.4, -0.2) is 70.9 Å². The Hall–Kier alpha value is -3.38. The number of fused-ring (bicyclic) bond motifs is 1. The van der Waals surface area contributed by atoms with E-state index < -0.39 is 11.4 Å². The highest BCUT2D eigenvalue weighted by Crippen LogP contribution is 2.24. The van der Waals surface area contributed by atoms with Crippen molar-refractivity contribution in [2.24, 2.45) is 5.92 Å². The molecule has 0 bridgehead atoms. The first-order valence-corrected chi connectivity index (χ1v) is 11.5. The van der Waals surface area contributed by atoms with Crippen LogP contribution in [0.1, 0.15) is 24.2 Å². The van der Waals surface area contributed by atoms with Gasteiger partial charge in [0.15, 0.2) is 10.8 Å². The Morgan fingerprint density at radius 3 is 2.76 bits per heavy atom. The maximum absolute atomic E-state index is 12.9. The van der Waals surface area contributed by atoms with Gasteiger partial charge in [-0.25, -0.2) is 14.8 Å². The van der Waals surface area contributed by atoms with Gasteiger partial charge in [0.25, 0.3) is 0 Å². The van der Waals surface area contributed by atoms with Crippen LogP contribution in [0.15, 0.2) is 28.8 Å². The Bertz CT molecular complexity index is 1210. The van der Waals surface area contributed by atoms with Crippen molar-refractivity contribution in [1.29, 1.82) is 0 Å². The van der Waals surface area contributed by atoms with Gasteiger partial charge in [0.1, 0.15) is 5.56 Å². The molecule has 3 aromatic heterocycles. The van der Waals surface area contributed by atoms with Crippen LogP contribution in [-0.2, 0) is 14.3 Å². The third-order valence-corrected chi connectivity index (χ3v) is 5.91. The third-order valence-electron chi connectivity index (χ3n) is 5.14. The fourth-order valence-corrected chi connectivity index (χ4v) is 4.05. The number of anilines is 1. The number of rotatable bonds is 9. The summed E-state index contributed by atoms with van der Waals surface area (Å²) in [5.41, 5.74) is -0.278. The summed E-state index contributed by atoms with van der Waals surface area (Å²) >= 11 is 1.34. The van der Waals surface area contributed by atoms with E-state index in [2.05, 4.69) is 20.3 Å². The minimum atomic E-state index is -0.709. The fourth-order valence-electron chi connectivity index (χ4n) is 3.43. The Labute approximate surface area is 193 Å². The summed E-state index contributed by atoms with van der Waals surface area (Å²) in [5, 5.41) is 5.38. The van der Waals surface area contributed by atoms with E-state index in [4.69, 9.17) is 9.47 Å². The van der Waals surface area contributed by atoms with Crippen molar-refractivity contribution >= 4 is 40.2 Å². The molecule has 33 heavy (non-hydrogen) atoms. The number of nitrogens with zero attached hydrogens (tertiary/aromatic N) is 5. The molecule has 12 heteroatoms.